The Labute approximate surface area is 186 Å². The van der Waals surface area contributed by atoms with E-state index in [1.165, 1.54) is 22.6 Å². The molecule has 1 aromatic heterocycles. The van der Waals surface area contributed by atoms with Crippen molar-refractivity contribution in [2.24, 2.45) is 23.7 Å². The Balaban J connectivity index is 1.40. The number of aliphatic carboxylic acids is 1. The lowest BCUT2D eigenvalue weighted by molar-refractivity contribution is -0.146. The van der Waals surface area contributed by atoms with Crippen molar-refractivity contribution >= 4 is 34.1 Å². The minimum Gasteiger partial charge on any atom is -0.481 e. The number of nitrogens with one attached hydrogen (secondary N) is 2. The molecule has 6 nitrogen and oxygen atoms in total. The first-order valence-electron chi connectivity index (χ1n) is 11.7. The van der Waals surface area contributed by atoms with Gasteiger partial charge in [0.15, 0.2) is 0 Å². The number of aryl methyl sites for hydroxylation is 1. The van der Waals surface area contributed by atoms with Crippen LogP contribution in [-0.2, 0) is 22.4 Å². The molecule has 0 spiro atoms. The largest absolute Gasteiger partial charge is 0.481 e. The summed E-state index contributed by atoms with van der Waals surface area (Å²) in [5.74, 6) is -2.58. The third kappa shape index (κ3) is 3.81. The van der Waals surface area contributed by atoms with Gasteiger partial charge >= 0.3 is 5.97 Å². The summed E-state index contributed by atoms with van der Waals surface area (Å²) in [7, 11) is 0. The number of rotatable bonds is 5. The molecule has 1 heterocycles. The summed E-state index contributed by atoms with van der Waals surface area (Å²) in [6.07, 6.45) is 14.2. The molecule has 0 radical (unpaired) electrons. The monoisotopic (exact) mass is 442 g/mol. The lowest BCUT2D eigenvalue weighted by atomic mass is 9.82. The predicted molar refractivity (Wildman–Crippen MR) is 119 cm³/mol. The van der Waals surface area contributed by atoms with Gasteiger partial charge in [0.25, 0.3) is 5.91 Å². The highest BCUT2D eigenvalue weighted by molar-refractivity contribution is 7.17. The first kappa shape index (κ1) is 20.7. The normalized spacial score (nSPS) is 29.5. The van der Waals surface area contributed by atoms with Crippen molar-refractivity contribution in [2.45, 2.75) is 70.3 Å². The minimum absolute atomic E-state index is 0.0276. The van der Waals surface area contributed by atoms with Gasteiger partial charge in [0, 0.05) is 10.9 Å². The van der Waals surface area contributed by atoms with Crippen LogP contribution in [0.15, 0.2) is 12.2 Å². The van der Waals surface area contributed by atoms with Crippen LogP contribution in [0.5, 0.6) is 0 Å². The number of allylic oxidation sites excluding steroid dienone is 2. The molecule has 2 amide bonds. The maximum absolute atomic E-state index is 13.3. The van der Waals surface area contributed by atoms with E-state index in [0.717, 1.165) is 63.4 Å². The molecule has 2 fully saturated rings. The first-order chi connectivity index (χ1) is 15.0. The van der Waals surface area contributed by atoms with Gasteiger partial charge in [0.1, 0.15) is 5.00 Å². The van der Waals surface area contributed by atoms with Crippen LogP contribution in [0.25, 0.3) is 0 Å². The maximum atomic E-state index is 13.3. The zero-order valence-corrected chi connectivity index (χ0v) is 18.5. The van der Waals surface area contributed by atoms with Crippen molar-refractivity contribution < 1.29 is 19.5 Å². The lowest BCUT2D eigenvalue weighted by Gasteiger charge is -2.25. The van der Waals surface area contributed by atoms with E-state index in [2.05, 4.69) is 10.6 Å². The Kier molecular flexibility index (Phi) is 5.63. The fourth-order valence-corrected chi connectivity index (χ4v) is 7.40. The second-order valence-electron chi connectivity index (χ2n) is 9.55. The third-order valence-electron chi connectivity index (χ3n) is 7.62. The summed E-state index contributed by atoms with van der Waals surface area (Å²) in [4.78, 5) is 39.6. The summed E-state index contributed by atoms with van der Waals surface area (Å²) in [6.45, 7) is 0. The summed E-state index contributed by atoms with van der Waals surface area (Å²) >= 11 is 1.51. The summed E-state index contributed by atoms with van der Waals surface area (Å²) < 4.78 is 0. The maximum Gasteiger partial charge on any atom is 0.307 e. The minimum atomic E-state index is -0.905. The van der Waals surface area contributed by atoms with Crippen LogP contribution >= 0.6 is 11.3 Å². The zero-order chi connectivity index (χ0) is 21.5. The van der Waals surface area contributed by atoms with Crippen molar-refractivity contribution in [1.29, 1.82) is 0 Å². The van der Waals surface area contributed by atoms with Crippen LogP contribution in [0.2, 0.25) is 0 Å². The number of carbonyl (C=O) groups excluding carboxylic acids is 2. The van der Waals surface area contributed by atoms with E-state index >= 15 is 0 Å². The van der Waals surface area contributed by atoms with Crippen molar-refractivity contribution in [3.05, 3.63) is 28.2 Å². The highest BCUT2D eigenvalue weighted by Gasteiger charge is 2.51. The second kappa shape index (κ2) is 8.41. The molecular weight excluding hydrogens is 412 g/mol. The molecule has 4 aliphatic rings. The molecule has 4 aliphatic carbocycles. The van der Waals surface area contributed by atoms with Gasteiger partial charge in [-0.05, 0) is 62.3 Å². The van der Waals surface area contributed by atoms with E-state index in [1.54, 1.807) is 0 Å². The molecule has 0 aromatic carbocycles. The van der Waals surface area contributed by atoms with Crippen LogP contribution in [0, 0.1) is 23.7 Å². The number of carboxylic acids is 1. The molecule has 2 saturated carbocycles. The summed E-state index contributed by atoms with van der Waals surface area (Å²) in [5.41, 5.74) is 1.71. The van der Waals surface area contributed by atoms with Crippen molar-refractivity contribution in [2.75, 3.05) is 5.32 Å². The van der Waals surface area contributed by atoms with Crippen LogP contribution in [-0.4, -0.2) is 28.9 Å². The molecule has 0 saturated heterocycles. The van der Waals surface area contributed by atoms with E-state index in [9.17, 15) is 19.5 Å². The first-order valence-corrected chi connectivity index (χ1v) is 12.5. The lowest BCUT2D eigenvalue weighted by Crippen LogP contribution is -2.38. The smallest absolute Gasteiger partial charge is 0.307 e. The van der Waals surface area contributed by atoms with Crippen LogP contribution < -0.4 is 10.6 Å². The summed E-state index contributed by atoms with van der Waals surface area (Å²) in [5, 5.41) is 16.6. The molecular formula is C24H30N2O4S. The Morgan fingerprint density at radius 1 is 0.935 bits per heavy atom. The van der Waals surface area contributed by atoms with Crippen LogP contribution in [0.4, 0.5) is 5.00 Å². The zero-order valence-electron chi connectivity index (χ0n) is 17.7. The molecule has 0 aliphatic heterocycles. The Morgan fingerprint density at radius 3 is 2.39 bits per heavy atom. The summed E-state index contributed by atoms with van der Waals surface area (Å²) in [6, 6.07) is 0.205. The molecule has 4 atom stereocenters. The van der Waals surface area contributed by atoms with E-state index in [1.807, 2.05) is 12.2 Å². The standard InChI is InChI=1S/C24H30N2O4S/c27-21(18-13-10-11-14(12-13)19(18)24(29)30)26-23-20(16-8-4-5-9-17(16)31-23)22(28)25-15-6-2-1-3-7-15/h10-11,13-15,18-19H,1-9,12H2,(H,25,28)(H,26,27)(H,29,30)/t13-,14+,18-,19+/m1/s1. The van der Waals surface area contributed by atoms with E-state index in [4.69, 9.17) is 0 Å². The number of thiophene rings is 1. The van der Waals surface area contributed by atoms with Gasteiger partial charge < -0.3 is 15.7 Å². The Bertz CT molecular complexity index is 930. The van der Waals surface area contributed by atoms with Gasteiger partial charge in [-0.25, -0.2) is 0 Å². The molecule has 1 aromatic rings. The van der Waals surface area contributed by atoms with Crippen LogP contribution in [0.3, 0.4) is 0 Å². The Hall–Kier alpha value is -2.15. The molecule has 7 heteroatoms. The second-order valence-corrected chi connectivity index (χ2v) is 10.7. The van der Waals surface area contributed by atoms with E-state index < -0.39 is 17.8 Å². The number of hydrogen-bond acceptors (Lipinski definition) is 4. The van der Waals surface area contributed by atoms with Crippen molar-refractivity contribution in [1.82, 2.24) is 5.32 Å². The highest BCUT2D eigenvalue weighted by atomic mass is 32.1. The quantitative estimate of drug-likeness (QED) is 0.597. The predicted octanol–water partition coefficient (Wildman–Crippen LogP) is 4.15. The molecule has 3 N–H and O–H groups in total. The van der Waals surface area contributed by atoms with Gasteiger partial charge in [0.2, 0.25) is 5.91 Å². The molecule has 5 rings (SSSR count). The molecule has 31 heavy (non-hydrogen) atoms. The van der Waals surface area contributed by atoms with Crippen molar-refractivity contribution in [3.63, 3.8) is 0 Å². The van der Waals surface area contributed by atoms with E-state index in [0.29, 0.717) is 10.6 Å². The number of carbonyl (C=O) groups is 3. The number of amides is 2. The highest BCUT2D eigenvalue weighted by Crippen LogP contribution is 2.49. The fraction of sp³-hybridized carbons (Fsp3) is 0.625. The molecule has 2 bridgehead atoms. The van der Waals surface area contributed by atoms with Gasteiger partial charge in [-0.15, -0.1) is 11.3 Å². The average Bonchev–Trinajstić information content (AvgIpc) is 3.46. The van der Waals surface area contributed by atoms with Crippen molar-refractivity contribution in [3.8, 4) is 0 Å². The SMILES string of the molecule is O=C(NC1CCCCC1)c1c(NC(=O)[C@H]2[C@@H](C(=O)O)[C@H]3C=C[C@@H]2C3)sc2c1CCCC2. The van der Waals surface area contributed by atoms with Crippen LogP contribution in [0.1, 0.15) is 72.2 Å². The third-order valence-corrected chi connectivity index (χ3v) is 8.83. The molecule has 0 unspecified atom stereocenters. The van der Waals surface area contributed by atoms with E-state index in [-0.39, 0.29) is 29.7 Å². The number of fused-ring (bicyclic) bond motifs is 3. The Morgan fingerprint density at radius 2 is 1.65 bits per heavy atom. The van der Waals surface area contributed by atoms with Gasteiger partial charge in [-0.1, -0.05) is 31.4 Å². The number of carboxylic acid groups (broad SMARTS) is 1. The number of hydrogen-bond donors (Lipinski definition) is 3. The topological polar surface area (TPSA) is 95.5 Å². The van der Waals surface area contributed by atoms with Gasteiger partial charge in [-0.3, -0.25) is 14.4 Å². The fourth-order valence-electron chi connectivity index (χ4n) is 6.11. The molecule has 166 valence electrons. The average molecular weight is 443 g/mol. The van der Waals surface area contributed by atoms with Gasteiger partial charge in [0.05, 0.1) is 17.4 Å². The number of anilines is 1. The van der Waals surface area contributed by atoms with Gasteiger partial charge in [-0.2, -0.15) is 0 Å².